The van der Waals surface area contributed by atoms with Gasteiger partial charge in [-0.3, -0.25) is 4.72 Å². The van der Waals surface area contributed by atoms with Gasteiger partial charge in [-0.05, 0) is 52.3 Å². The van der Waals surface area contributed by atoms with Crippen molar-refractivity contribution in [3.8, 4) is 0 Å². The molecule has 0 heterocycles. The van der Waals surface area contributed by atoms with Crippen molar-refractivity contribution in [1.29, 1.82) is 0 Å². The Labute approximate surface area is 147 Å². The average Bonchev–Trinajstić information content (AvgIpc) is 2.36. The van der Waals surface area contributed by atoms with Gasteiger partial charge in [0.05, 0.1) is 10.7 Å². The molecule has 20 heavy (non-hydrogen) atoms. The fourth-order valence-electron chi connectivity index (χ4n) is 1.46. The van der Waals surface area contributed by atoms with Crippen molar-refractivity contribution in [2.75, 3.05) is 4.72 Å². The summed E-state index contributed by atoms with van der Waals surface area (Å²) in [4.78, 5) is 0.128. The van der Waals surface area contributed by atoms with Crippen LogP contribution in [-0.2, 0) is 10.0 Å². The summed E-state index contributed by atoms with van der Waals surface area (Å²) in [6.45, 7) is 0. The highest BCUT2D eigenvalue weighted by molar-refractivity contribution is 9.11. The maximum absolute atomic E-state index is 12.4. The summed E-state index contributed by atoms with van der Waals surface area (Å²) in [5.74, 6) is 0. The van der Waals surface area contributed by atoms with Crippen LogP contribution < -0.4 is 4.72 Å². The van der Waals surface area contributed by atoms with E-state index >= 15 is 0 Å². The molecule has 0 aliphatic rings. The van der Waals surface area contributed by atoms with E-state index < -0.39 is 10.0 Å². The van der Waals surface area contributed by atoms with Crippen LogP contribution in [0.4, 0.5) is 5.69 Å². The number of anilines is 1. The van der Waals surface area contributed by atoms with Crippen LogP contribution >= 0.6 is 59.4 Å². The molecular formula is C12H7Br3ClNO2S. The third-order valence-corrected chi connectivity index (χ3v) is 6.03. The first-order valence-electron chi connectivity index (χ1n) is 5.22. The van der Waals surface area contributed by atoms with E-state index in [-0.39, 0.29) is 4.90 Å². The minimum absolute atomic E-state index is 0.128. The lowest BCUT2D eigenvalue weighted by atomic mass is 10.3. The summed E-state index contributed by atoms with van der Waals surface area (Å²) in [6.07, 6.45) is 0. The standard InChI is InChI=1S/C12H7Br3ClNO2S/c13-7-2-4-10(16)11(5-7)17-20(18,19)12-6-8(14)1-3-9(12)15/h1-6,17H. The van der Waals surface area contributed by atoms with E-state index in [1.165, 1.54) is 6.07 Å². The van der Waals surface area contributed by atoms with Crippen molar-refractivity contribution >= 4 is 75.1 Å². The Balaban J connectivity index is 2.46. The van der Waals surface area contributed by atoms with Gasteiger partial charge in [-0.25, -0.2) is 8.42 Å². The minimum atomic E-state index is -3.74. The predicted octanol–water partition coefficient (Wildman–Crippen LogP) is 5.43. The van der Waals surface area contributed by atoms with Crippen LogP contribution in [0.2, 0.25) is 5.02 Å². The third kappa shape index (κ3) is 3.76. The number of nitrogens with one attached hydrogen (secondary N) is 1. The molecule has 0 radical (unpaired) electrons. The first-order chi connectivity index (χ1) is 9.29. The van der Waals surface area contributed by atoms with Gasteiger partial charge in [0.15, 0.2) is 0 Å². The Morgan fingerprint density at radius 1 is 0.950 bits per heavy atom. The molecule has 0 amide bonds. The quantitative estimate of drug-likeness (QED) is 0.606. The minimum Gasteiger partial charge on any atom is -0.278 e. The van der Waals surface area contributed by atoms with Crippen LogP contribution in [0.3, 0.4) is 0 Å². The fourth-order valence-corrected chi connectivity index (χ4v) is 4.61. The zero-order chi connectivity index (χ0) is 14.9. The summed E-state index contributed by atoms with van der Waals surface area (Å²) >= 11 is 15.8. The second-order valence-electron chi connectivity index (χ2n) is 3.80. The molecule has 0 bridgehead atoms. The monoisotopic (exact) mass is 501 g/mol. The lowest BCUT2D eigenvalue weighted by Crippen LogP contribution is -2.14. The zero-order valence-electron chi connectivity index (χ0n) is 9.70. The molecule has 8 heteroatoms. The normalized spacial score (nSPS) is 11.4. The number of hydrogen-bond acceptors (Lipinski definition) is 2. The number of rotatable bonds is 3. The van der Waals surface area contributed by atoms with E-state index in [1.54, 1.807) is 30.3 Å². The SMILES string of the molecule is O=S(=O)(Nc1cc(Br)ccc1Cl)c1cc(Br)ccc1Br. The first-order valence-corrected chi connectivity index (χ1v) is 9.46. The lowest BCUT2D eigenvalue weighted by molar-refractivity contribution is 0.600. The first kappa shape index (κ1) is 16.3. The van der Waals surface area contributed by atoms with Crippen molar-refractivity contribution in [2.24, 2.45) is 0 Å². The average molecular weight is 504 g/mol. The summed E-state index contributed by atoms with van der Waals surface area (Å²) in [6, 6.07) is 9.86. The van der Waals surface area contributed by atoms with Crippen molar-refractivity contribution in [2.45, 2.75) is 4.90 Å². The van der Waals surface area contributed by atoms with E-state index in [9.17, 15) is 8.42 Å². The second-order valence-corrected chi connectivity index (χ2v) is 8.55. The Kier molecular flexibility index (Phi) is 5.18. The molecular weight excluding hydrogens is 497 g/mol. The van der Waals surface area contributed by atoms with Crippen LogP contribution in [0.25, 0.3) is 0 Å². The fraction of sp³-hybridized carbons (Fsp3) is 0. The maximum Gasteiger partial charge on any atom is 0.263 e. The summed E-state index contributed by atoms with van der Waals surface area (Å²) in [7, 11) is -3.74. The Morgan fingerprint density at radius 2 is 1.55 bits per heavy atom. The Hall–Kier alpha value is -0.0800. The van der Waals surface area contributed by atoms with Gasteiger partial charge in [-0.1, -0.05) is 43.5 Å². The number of halogens is 4. The van der Waals surface area contributed by atoms with Crippen molar-refractivity contribution in [1.82, 2.24) is 0 Å². The van der Waals surface area contributed by atoms with Crippen LogP contribution in [0.1, 0.15) is 0 Å². The van der Waals surface area contributed by atoms with Gasteiger partial charge in [-0.15, -0.1) is 0 Å². The highest BCUT2D eigenvalue weighted by atomic mass is 79.9. The molecule has 3 nitrogen and oxygen atoms in total. The molecule has 0 unspecified atom stereocenters. The van der Waals surface area contributed by atoms with Gasteiger partial charge < -0.3 is 0 Å². The van der Waals surface area contributed by atoms with E-state index in [1.807, 2.05) is 0 Å². The molecule has 0 aromatic heterocycles. The van der Waals surface area contributed by atoms with Gasteiger partial charge >= 0.3 is 0 Å². The molecule has 2 rings (SSSR count). The predicted molar refractivity (Wildman–Crippen MR) is 91.8 cm³/mol. The molecule has 106 valence electrons. The van der Waals surface area contributed by atoms with Gasteiger partial charge in [0.1, 0.15) is 4.90 Å². The molecule has 0 atom stereocenters. The molecule has 0 fully saturated rings. The topological polar surface area (TPSA) is 46.2 Å². The molecule has 2 aromatic carbocycles. The largest absolute Gasteiger partial charge is 0.278 e. The molecule has 2 aromatic rings. The summed E-state index contributed by atoms with van der Waals surface area (Å²) in [5.41, 5.74) is 0.313. The van der Waals surface area contributed by atoms with Gasteiger partial charge in [0, 0.05) is 13.4 Å². The van der Waals surface area contributed by atoms with E-state index in [2.05, 4.69) is 52.5 Å². The molecule has 0 aliphatic carbocycles. The summed E-state index contributed by atoms with van der Waals surface area (Å²) < 4.78 is 29.1. The van der Waals surface area contributed by atoms with Gasteiger partial charge in [0.25, 0.3) is 10.0 Å². The van der Waals surface area contributed by atoms with Crippen LogP contribution in [0.15, 0.2) is 54.7 Å². The van der Waals surface area contributed by atoms with E-state index in [0.29, 0.717) is 19.7 Å². The van der Waals surface area contributed by atoms with Crippen molar-refractivity contribution in [3.05, 3.63) is 54.8 Å². The maximum atomic E-state index is 12.4. The van der Waals surface area contributed by atoms with Crippen molar-refractivity contribution < 1.29 is 8.42 Å². The lowest BCUT2D eigenvalue weighted by Gasteiger charge is -2.11. The van der Waals surface area contributed by atoms with Crippen LogP contribution in [0, 0.1) is 0 Å². The molecule has 0 spiro atoms. The van der Waals surface area contributed by atoms with Gasteiger partial charge in [0.2, 0.25) is 0 Å². The Bertz CT molecular complexity index is 765. The van der Waals surface area contributed by atoms with Crippen molar-refractivity contribution in [3.63, 3.8) is 0 Å². The zero-order valence-corrected chi connectivity index (χ0v) is 16.0. The molecule has 0 saturated heterocycles. The van der Waals surface area contributed by atoms with E-state index in [4.69, 9.17) is 11.6 Å². The van der Waals surface area contributed by atoms with Gasteiger partial charge in [-0.2, -0.15) is 0 Å². The second kappa shape index (κ2) is 6.36. The molecule has 1 N–H and O–H groups in total. The molecule has 0 saturated carbocycles. The number of sulfonamides is 1. The van der Waals surface area contributed by atoms with Crippen LogP contribution in [-0.4, -0.2) is 8.42 Å². The van der Waals surface area contributed by atoms with E-state index in [0.717, 1.165) is 4.47 Å². The Morgan fingerprint density at radius 3 is 2.25 bits per heavy atom. The number of hydrogen-bond donors (Lipinski definition) is 1. The molecule has 0 aliphatic heterocycles. The third-order valence-electron chi connectivity index (χ3n) is 2.36. The highest BCUT2D eigenvalue weighted by Gasteiger charge is 2.19. The number of benzene rings is 2. The highest BCUT2D eigenvalue weighted by Crippen LogP contribution is 2.31. The summed E-state index contributed by atoms with van der Waals surface area (Å²) in [5, 5.41) is 0.322. The smallest absolute Gasteiger partial charge is 0.263 e. The van der Waals surface area contributed by atoms with Crippen LogP contribution in [0.5, 0.6) is 0 Å².